The van der Waals surface area contributed by atoms with E-state index in [2.05, 4.69) is 5.32 Å². The van der Waals surface area contributed by atoms with Crippen LogP contribution in [0.2, 0.25) is 0 Å². The zero-order valence-electron chi connectivity index (χ0n) is 11.8. The summed E-state index contributed by atoms with van der Waals surface area (Å²) in [7, 11) is 0. The van der Waals surface area contributed by atoms with E-state index in [0.717, 1.165) is 32.2 Å². The Kier molecular flexibility index (Phi) is 4.62. The fourth-order valence-electron chi connectivity index (χ4n) is 2.61. The number of likely N-dealkylation sites (tertiary alicyclic amines) is 1. The van der Waals surface area contributed by atoms with Gasteiger partial charge in [-0.3, -0.25) is 9.59 Å². The fraction of sp³-hybridized carbons (Fsp3) is 0.786. The number of hydrogen-bond acceptors (Lipinski definition) is 3. The summed E-state index contributed by atoms with van der Waals surface area (Å²) in [5, 5.41) is 11.5. The van der Waals surface area contributed by atoms with Crippen LogP contribution in [0.3, 0.4) is 0 Å². The summed E-state index contributed by atoms with van der Waals surface area (Å²) in [4.78, 5) is 36.8. The number of piperidine rings is 1. The van der Waals surface area contributed by atoms with E-state index in [4.69, 9.17) is 5.11 Å². The van der Waals surface area contributed by atoms with Crippen LogP contribution in [-0.4, -0.2) is 46.9 Å². The molecule has 0 aromatic carbocycles. The number of carbonyl (C=O) groups excluding carboxylic acids is 2. The highest BCUT2D eigenvalue weighted by Gasteiger charge is 2.37. The van der Waals surface area contributed by atoms with Crippen molar-refractivity contribution in [2.24, 2.45) is 11.8 Å². The van der Waals surface area contributed by atoms with Gasteiger partial charge in [0.1, 0.15) is 6.04 Å². The number of carboxylic acid groups (broad SMARTS) is 1. The minimum Gasteiger partial charge on any atom is -0.480 e. The number of nitrogens with one attached hydrogen (secondary N) is 1. The van der Waals surface area contributed by atoms with E-state index in [1.54, 1.807) is 11.8 Å². The molecule has 2 N–H and O–H groups in total. The maximum Gasteiger partial charge on any atom is 0.326 e. The number of carbonyl (C=O) groups is 3. The molecule has 1 saturated heterocycles. The van der Waals surface area contributed by atoms with Crippen molar-refractivity contribution in [3.8, 4) is 0 Å². The summed E-state index contributed by atoms with van der Waals surface area (Å²) in [5.74, 6) is -1.21. The van der Waals surface area contributed by atoms with Crippen LogP contribution >= 0.6 is 0 Å². The lowest BCUT2D eigenvalue weighted by molar-refractivity contribution is -0.144. The molecular weight excluding hydrogens is 260 g/mol. The van der Waals surface area contributed by atoms with Crippen LogP contribution in [0, 0.1) is 11.8 Å². The first kappa shape index (κ1) is 14.8. The van der Waals surface area contributed by atoms with Crippen molar-refractivity contribution < 1.29 is 19.5 Å². The van der Waals surface area contributed by atoms with Gasteiger partial charge in [-0.2, -0.15) is 0 Å². The quantitative estimate of drug-likeness (QED) is 0.773. The summed E-state index contributed by atoms with van der Waals surface area (Å²) >= 11 is 0. The highest BCUT2D eigenvalue weighted by Crippen LogP contribution is 2.32. The molecule has 1 saturated carbocycles. The van der Waals surface area contributed by atoms with Gasteiger partial charge in [-0.15, -0.1) is 0 Å². The van der Waals surface area contributed by atoms with Crippen molar-refractivity contribution in [3.63, 3.8) is 0 Å². The second-order valence-electron chi connectivity index (χ2n) is 5.71. The number of aliphatic carboxylic acids is 1. The summed E-state index contributed by atoms with van der Waals surface area (Å²) in [6, 6.07) is -0.836. The topological polar surface area (TPSA) is 86.7 Å². The van der Waals surface area contributed by atoms with Gasteiger partial charge < -0.3 is 15.3 Å². The molecule has 1 unspecified atom stereocenters. The fourth-order valence-corrected chi connectivity index (χ4v) is 2.61. The Morgan fingerprint density at radius 2 is 1.95 bits per heavy atom. The first-order chi connectivity index (χ1) is 9.52. The van der Waals surface area contributed by atoms with E-state index < -0.39 is 12.0 Å². The second kappa shape index (κ2) is 6.24. The summed E-state index contributed by atoms with van der Waals surface area (Å²) in [6.07, 6.45) is 3.81. The SMILES string of the molecule is CC[C@H](NC(=O)C1CCCN(C(=O)C2CC2)C1)C(=O)O. The zero-order chi connectivity index (χ0) is 14.7. The Bertz CT molecular complexity index is 406. The number of amides is 2. The molecule has 2 atom stereocenters. The van der Waals surface area contributed by atoms with Gasteiger partial charge in [-0.25, -0.2) is 4.79 Å². The van der Waals surface area contributed by atoms with Crippen LogP contribution in [0.4, 0.5) is 0 Å². The molecule has 0 spiro atoms. The second-order valence-corrected chi connectivity index (χ2v) is 5.71. The molecule has 6 nitrogen and oxygen atoms in total. The Hall–Kier alpha value is -1.59. The Morgan fingerprint density at radius 1 is 1.25 bits per heavy atom. The average Bonchev–Trinajstić information content (AvgIpc) is 3.28. The molecule has 1 aliphatic carbocycles. The molecule has 0 aromatic heterocycles. The Balaban J connectivity index is 1.89. The van der Waals surface area contributed by atoms with Crippen LogP contribution in [0.5, 0.6) is 0 Å². The monoisotopic (exact) mass is 282 g/mol. The van der Waals surface area contributed by atoms with Crippen LogP contribution in [-0.2, 0) is 14.4 Å². The van der Waals surface area contributed by atoms with Gasteiger partial charge in [0.15, 0.2) is 0 Å². The van der Waals surface area contributed by atoms with Gasteiger partial charge in [0, 0.05) is 19.0 Å². The summed E-state index contributed by atoms with van der Waals surface area (Å²) in [5.41, 5.74) is 0. The molecule has 2 fully saturated rings. The minimum absolute atomic E-state index is 0.160. The third-order valence-electron chi connectivity index (χ3n) is 4.05. The smallest absolute Gasteiger partial charge is 0.326 e. The first-order valence-electron chi connectivity index (χ1n) is 7.35. The van der Waals surface area contributed by atoms with Crippen molar-refractivity contribution in [1.29, 1.82) is 0 Å². The maximum absolute atomic E-state index is 12.1. The zero-order valence-corrected chi connectivity index (χ0v) is 11.8. The van der Waals surface area contributed by atoms with Gasteiger partial charge in [0.2, 0.25) is 11.8 Å². The van der Waals surface area contributed by atoms with Crippen LogP contribution < -0.4 is 5.32 Å². The molecule has 2 rings (SSSR count). The highest BCUT2D eigenvalue weighted by molar-refractivity contribution is 5.86. The van der Waals surface area contributed by atoms with Gasteiger partial charge in [0.25, 0.3) is 0 Å². The number of rotatable bonds is 5. The van der Waals surface area contributed by atoms with E-state index in [9.17, 15) is 14.4 Å². The predicted molar refractivity (Wildman–Crippen MR) is 71.9 cm³/mol. The van der Waals surface area contributed by atoms with Crippen LogP contribution in [0.1, 0.15) is 39.0 Å². The molecule has 1 heterocycles. The Morgan fingerprint density at radius 3 is 2.50 bits per heavy atom. The average molecular weight is 282 g/mol. The lowest BCUT2D eigenvalue weighted by atomic mass is 9.96. The molecule has 6 heteroatoms. The van der Waals surface area contributed by atoms with Crippen LogP contribution in [0.15, 0.2) is 0 Å². The van der Waals surface area contributed by atoms with Gasteiger partial charge in [-0.05, 0) is 32.1 Å². The number of carboxylic acids is 1. The molecule has 0 bridgehead atoms. The lowest BCUT2D eigenvalue weighted by Crippen LogP contribution is -2.49. The van der Waals surface area contributed by atoms with Crippen molar-refractivity contribution in [3.05, 3.63) is 0 Å². The van der Waals surface area contributed by atoms with Gasteiger partial charge in [0.05, 0.1) is 5.92 Å². The third kappa shape index (κ3) is 3.49. The molecule has 0 radical (unpaired) electrons. The lowest BCUT2D eigenvalue weighted by Gasteiger charge is -2.32. The molecule has 1 aliphatic heterocycles. The summed E-state index contributed by atoms with van der Waals surface area (Å²) in [6.45, 7) is 2.87. The summed E-state index contributed by atoms with van der Waals surface area (Å²) < 4.78 is 0. The largest absolute Gasteiger partial charge is 0.480 e. The van der Waals surface area contributed by atoms with Gasteiger partial charge in [-0.1, -0.05) is 6.92 Å². The molecule has 20 heavy (non-hydrogen) atoms. The molecule has 0 aromatic rings. The van der Waals surface area contributed by atoms with Crippen molar-refractivity contribution in [2.45, 2.75) is 45.1 Å². The first-order valence-corrected chi connectivity index (χ1v) is 7.35. The molecule has 2 amide bonds. The maximum atomic E-state index is 12.1. The molecular formula is C14H22N2O4. The van der Waals surface area contributed by atoms with E-state index in [-0.39, 0.29) is 23.7 Å². The van der Waals surface area contributed by atoms with E-state index in [1.165, 1.54) is 0 Å². The molecule has 112 valence electrons. The predicted octanol–water partition coefficient (Wildman–Crippen LogP) is 0.614. The van der Waals surface area contributed by atoms with Crippen molar-refractivity contribution in [1.82, 2.24) is 10.2 Å². The van der Waals surface area contributed by atoms with Crippen molar-refractivity contribution >= 4 is 17.8 Å². The third-order valence-corrected chi connectivity index (χ3v) is 4.05. The highest BCUT2D eigenvalue weighted by atomic mass is 16.4. The van der Waals surface area contributed by atoms with Crippen LogP contribution in [0.25, 0.3) is 0 Å². The number of nitrogens with zero attached hydrogens (tertiary/aromatic N) is 1. The number of hydrogen-bond donors (Lipinski definition) is 2. The van der Waals surface area contributed by atoms with E-state index in [0.29, 0.717) is 13.0 Å². The Labute approximate surface area is 118 Å². The standard InChI is InChI=1S/C14H22N2O4/c1-2-11(14(19)20)15-12(17)10-4-3-7-16(8-10)13(18)9-5-6-9/h9-11H,2-8H2,1H3,(H,15,17)(H,19,20)/t10?,11-/m0/s1. The minimum atomic E-state index is -1.01. The normalized spacial score (nSPS) is 24.1. The van der Waals surface area contributed by atoms with Gasteiger partial charge >= 0.3 is 5.97 Å². The van der Waals surface area contributed by atoms with E-state index in [1.807, 2.05) is 0 Å². The molecule has 2 aliphatic rings. The van der Waals surface area contributed by atoms with E-state index >= 15 is 0 Å². The van der Waals surface area contributed by atoms with Crippen molar-refractivity contribution in [2.75, 3.05) is 13.1 Å².